The van der Waals surface area contributed by atoms with Crippen LogP contribution in [0.15, 0.2) is 112 Å². The summed E-state index contributed by atoms with van der Waals surface area (Å²) < 4.78 is 40.4. The molecule has 1 aromatic heterocycles. The Kier molecular flexibility index (Phi) is 7.92. The Morgan fingerprint density at radius 1 is 0.923 bits per heavy atom. The normalized spacial score (nSPS) is 11.3. The number of carbonyl (C=O) groups is 1. The number of rotatable bonds is 9. The van der Waals surface area contributed by atoms with Gasteiger partial charge in [-0.1, -0.05) is 45.9 Å². The highest BCUT2D eigenvalue weighted by Crippen LogP contribution is 2.32. The van der Waals surface area contributed by atoms with Gasteiger partial charge in [0.05, 0.1) is 28.8 Å². The van der Waals surface area contributed by atoms with Gasteiger partial charge in [-0.3, -0.25) is 4.79 Å². The Labute approximate surface area is 238 Å². The van der Waals surface area contributed by atoms with Crippen molar-refractivity contribution in [2.24, 2.45) is 0 Å². The lowest BCUT2D eigenvalue weighted by atomic mass is 10.3. The molecular weight excluding hydrogens is 602 g/mol. The van der Waals surface area contributed by atoms with Crippen molar-refractivity contribution in [2.45, 2.75) is 10.1 Å². The summed E-state index contributed by atoms with van der Waals surface area (Å²) in [4.78, 5) is 17.4. The highest BCUT2D eigenvalue weighted by atomic mass is 79.9. The van der Waals surface area contributed by atoms with E-state index >= 15 is 0 Å². The zero-order valence-electron chi connectivity index (χ0n) is 20.6. The van der Waals surface area contributed by atoms with Crippen LogP contribution in [0.3, 0.4) is 0 Å². The highest BCUT2D eigenvalue weighted by molar-refractivity contribution is 9.10. The number of halogens is 1. The molecular formula is C28H22BrN3O5S2. The van der Waals surface area contributed by atoms with E-state index in [1.54, 1.807) is 54.6 Å². The topological polar surface area (TPSA) is 99.5 Å². The summed E-state index contributed by atoms with van der Waals surface area (Å²) in [5.74, 6) is 1.47. The monoisotopic (exact) mass is 623 g/mol. The Balaban J connectivity index is 1.35. The molecule has 0 radical (unpaired) electrons. The molecule has 5 aromatic rings. The molecule has 0 aliphatic carbocycles. The van der Waals surface area contributed by atoms with Crippen LogP contribution in [0.2, 0.25) is 0 Å². The smallest absolute Gasteiger partial charge is 0.270 e. The minimum absolute atomic E-state index is 0.0570. The molecule has 0 aliphatic rings. The quantitative estimate of drug-likeness (QED) is 0.185. The zero-order chi connectivity index (χ0) is 27.4. The number of amides is 1. The van der Waals surface area contributed by atoms with Crippen LogP contribution in [0.5, 0.6) is 17.2 Å². The lowest BCUT2D eigenvalue weighted by Crippen LogP contribution is -2.17. The van der Waals surface area contributed by atoms with Crippen molar-refractivity contribution < 1.29 is 22.7 Å². The fourth-order valence-corrected chi connectivity index (χ4v) is 6.50. The van der Waals surface area contributed by atoms with Crippen molar-refractivity contribution >= 4 is 60.3 Å². The maximum atomic E-state index is 13.7. The van der Waals surface area contributed by atoms with E-state index < -0.39 is 10.0 Å². The number of aromatic nitrogens is 2. The molecule has 5 rings (SSSR count). The van der Waals surface area contributed by atoms with E-state index in [0.29, 0.717) is 34.0 Å². The van der Waals surface area contributed by atoms with Crippen LogP contribution < -0.4 is 14.8 Å². The average Bonchev–Trinajstić information content (AvgIpc) is 3.32. The molecule has 0 bridgehead atoms. The molecule has 0 saturated heterocycles. The molecule has 8 nitrogen and oxygen atoms in total. The van der Waals surface area contributed by atoms with E-state index in [0.717, 1.165) is 20.2 Å². The minimum Gasteiger partial charge on any atom is -0.497 e. The molecule has 0 saturated carbocycles. The summed E-state index contributed by atoms with van der Waals surface area (Å²) in [7, 11) is -2.52. The summed E-state index contributed by atoms with van der Waals surface area (Å²) in [5, 5.41) is 2.99. The first-order chi connectivity index (χ1) is 18.8. The largest absolute Gasteiger partial charge is 0.497 e. The van der Waals surface area contributed by atoms with Crippen molar-refractivity contribution in [1.82, 2.24) is 8.96 Å². The van der Waals surface area contributed by atoms with Gasteiger partial charge in [0.2, 0.25) is 5.91 Å². The van der Waals surface area contributed by atoms with E-state index in [1.165, 1.54) is 19.2 Å². The van der Waals surface area contributed by atoms with Crippen molar-refractivity contribution in [2.75, 3.05) is 18.2 Å². The van der Waals surface area contributed by atoms with Gasteiger partial charge in [0.25, 0.3) is 10.0 Å². The van der Waals surface area contributed by atoms with Gasteiger partial charge in [-0.25, -0.2) is 17.4 Å². The van der Waals surface area contributed by atoms with Crippen LogP contribution in [-0.4, -0.2) is 36.1 Å². The van der Waals surface area contributed by atoms with Crippen LogP contribution in [0.1, 0.15) is 0 Å². The number of imidazole rings is 1. The van der Waals surface area contributed by atoms with Crippen LogP contribution in [0.25, 0.3) is 11.0 Å². The molecule has 1 heterocycles. The Bertz CT molecular complexity index is 1720. The molecule has 1 amide bonds. The molecule has 0 atom stereocenters. The lowest BCUT2D eigenvalue weighted by Gasteiger charge is -2.11. The molecule has 39 heavy (non-hydrogen) atoms. The number of methoxy groups -OCH3 is 1. The summed E-state index contributed by atoms with van der Waals surface area (Å²) >= 11 is 4.36. The number of thioether (sulfide) groups is 1. The molecule has 0 aliphatic heterocycles. The third-order valence-electron chi connectivity index (χ3n) is 5.59. The maximum absolute atomic E-state index is 13.7. The zero-order valence-corrected chi connectivity index (χ0v) is 23.8. The third-order valence-corrected chi connectivity index (χ3v) is 8.89. The maximum Gasteiger partial charge on any atom is 0.270 e. The van der Waals surface area contributed by atoms with Gasteiger partial charge in [0.15, 0.2) is 5.16 Å². The van der Waals surface area contributed by atoms with Crippen molar-refractivity contribution in [3.8, 4) is 17.2 Å². The highest BCUT2D eigenvalue weighted by Gasteiger charge is 2.25. The molecule has 0 fully saturated rings. The van der Waals surface area contributed by atoms with E-state index in [2.05, 4.69) is 26.2 Å². The second-order valence-electron chi connectivity index (χ2n) is 8.25. The van der Waals surface area contributed by atoms with Crippen LogP contribution in [0.4, 0.5) is 5.69 Å². The number of nitrogens with one attached hydrogen (secondary N) is 1. The predicted octanol–water partition coefficient (Wildman–Crippen LogP) is 6.57. The summed E-state index contributed by atoms with van der Waals surface area (Å²) in [5.41, 5.74) is 1.41. The van der Waals surface area contributed by atoms with Crippen LogP contribution >= 0.6 is 27.7 Å². The van der Waals surface area contributed by atoms with Gasteiger partial charge in [-0.2, -0.15) is 0 Å². The number of benzene rings is 4. The van der Waals surface area contributed by atoms with Gasteiger partial charge in [-0.05, 0) is 72.8 Å². The average molecular weight is 625 g/mol. The predicted molar refractivity (Wildman–Crippen MR) is 155 cm³/mol. The third kappa shape index (κ3) is 6.11. The molecule has 198 valence electrons. The Morgan fingerprint density at radius 2 is 1.59 bits per heavy atom. The van der Waals surface area contributed by atoms with Crippen LogP contribution in [0, 0.1) is 0 Å². The van der Waals surface area contributed by atoms with E-state index in [-0.39, 0.29) is 21.7 Å². The van der Waals surface area contributed by atoms with Gasteiger partial charge in [-0.15, -0.1) is 0 Å². The van der Waals surface area contributed by atoms with Gasteiger partial charge >= 0.3 is 0 Å². The Morgan fingerprint density at radius 3 is 2.28 bits per heavy atom. The number of carbonyl (C=O) groups excluding carboxylic acids is 1. The number of ether oxygens (including phenoxy) is 2. The fourth-order valence-electron chi connectivity index (χ4n) is 3.73. The second kappa shape index (κ2) is 11.5. The molecule has 0 unspecified atom stereocenters. The number of anilines is 1. The molecule has 4 aromatic carbocycles. The Hall–Kier alpha value is -3.80. The standard InChI is InChI=1S/C28H22BrN3O5S2/c1-36-23-13-16-25-26(17-23)32(39(34,35)24-14-7-19(29)8-15-24)28(31-25)38-18-27(33)30-20-9-11-22(12-10-20)37-21-5-3-2-4-6-21/h2-17H,18H2,1H3,(H,30,33). The number of para-hydroxylation sites is 1. The van der Waals surface area contributed by atoms with Crippen LogP contribution in [-0.2, 0) is 14.8 Å². The van der Waals surface area contributed by atoms with E-state index in [4.69, 9.17) is 9.47 Å². The number of nitrogens with zero attached hydrogens (tertiary/aromatic N) is 2. The summed E-state index contributed by atoms with van der Waals surface area (Å²) in [6.45, 7) is 0. The number of hydrogen-bond donors (Lipinski definition) is 1. The lowest BCUT2D eigenvalue weighted by molar-refractivity contribution is -0.113. The van der Waals surface area contributed by atoms with Gasteiger partial charge in [0, 0.05) is 16.2 Å². The van der Waals surface area contributed by atoms with E-state index in [9.17, 15) is 13.2 Å². The van der Waals surface area contributed by atoms with Crippen molar-refractivity contribution in [3.63, 3.8) is 0 Å². The number of fused-ring (bicyclic) bond motifs is 1. The molecule has 1 N–H and O–H groups in total. The number of hydrogen-bond acceptors (Lipinski definition) is 7. The van der Waals surface area contributed by atoms with Crippen molar-refractivity contribution in [1.29, 1.82) is 0 Å². The molecule has 0 spiro atoms. The fraction of sp³-hybridized carbons (Fsp3) is 0.0714. The molecule has 11 heteroatoms. The second-order valence-corrected chi connectivity index (χ2v) is 11.9. The first-order valence-electron chi connectivity index (χ1n) is 11.7. The first-order valence-corrected chi connectivity index (χ1v) is 14.9. The SMILES string of the molecule is COc1ccc2nc(SCC(=O)Nc3ccc(Oc4ccccc4)cc3)n(S(=O)(=O)c3ccc(Br)cc3)c2c1. The summed E-state index contributed by atoms with van der Waals surface area (Å²) in [6.07, 6.45) is 0. The van der Waals surface area contributed by atoms with Gasteiger partial charge < -0.3 is 14.8 Å². The first kappa shape index (κ1) is 26.8. The van der Waals surface area contributed by atoms with Crippen molar-refractivity contribution in [3.05, 3.63) is 102 Å². The van der Waals surface area contributed by atoms with Gasteiger partial charge in [0.1, 0.15) is 17.2 Å². The summed E-state index contributed by atoms with van der Waals surface area (Å²) in [6, 6.07) is 27.7. The van der Waals surface area contributed by atoms with E-state index in [1.807, 2.05) is 30.3 Å². The minimum atomic E-state index is -4.02.